The molecule has 126 valence electrons. The number of anilines is 1. The van der Waals surface area contributed by atoms with Crippen LogP contribution in [-0.4, -0.2) is 26.5 Å². The summed E-state index contributed by atoms with van der Waals surface area (Å²) in [6, 6.07) is 21.0. The molecule has 2 N–H and O–H groups in total. The van der Waals surface area contributed by atoms with Crippen molar-refractivity contribution in [1.29, 1.82) is 0 Å². The molecule has 4 rings (SSSR count). The van der Waals surface area contributed by atoms with Gasteiger partial charge in [-0.05, 0) is 16.8 Å². The predicted octanol–water partition coefficient (Wildman–Crippen LogP) is 3.84. The molecule has 0 amide bonds. The lowest BCUT2D eigenvalue weighted by molar-refractivity contribution is 0.475. The van der Waals surface area contributed by atoms with Crippen molar-refractivity contribution in [2.24, 2.45) is 5.10 Å². The molecule has 0 aliphatic rings. The van der Waals surface area contributed by atoms with Crippen LogP contribution in [0.1, 0.15) is 5.56 Å². The Balaban J connectivity index is 1.59. The van der Waals surface area contributed by atoms with Crippen molar-refractivity contribution in [3.8, 4) is 17.0 Å². The number of phenols is 1. The molecule has 0 spiro atoms. The number of nitrogens with one attached hydrogen (secondary N) is 1. The van der Waals surface area contributed by atoms with Gasteiger partial charge in [0.1, 0.15) is 5.75 Å². The standard InChI is InChI=1S/C20H15N5O/c26-19-11-10-14-6-4-5-9-16(14)17(19)12-21-24-20-23-18(13-22-25-20)15-7-2-1-3-8-15/h1-13,26H,(H,23,24,25)/b21-12+. The van der Waals surface area contributed by atoms with Gasteiger partial charge in [0.25, 0.3) is 5.95 Å². The van der Waals surface area contributed by atoms with Crippen molar-refractivity contribution in [3.63, 3.8) is 0 Å². The summed E-state index contributed by atoms with van der Waals surface area (Å²) in [6.07, 6.45) is 3.15. The number of aromatic nitrogens is 3. The van der Waals surface area contributed by atoms with E-state index >= 15 is 0 Å². The van der Waals surface area contributed by atoms with Crippen LogP contribution in [0.5, 0.6) is 5.75 Å². The molecule has 1 aromatic heterocycles. The summed E-state index contributed by atoms with van der Waals surface area (Å²) in [6.45, 7) is 0. The topological polar surface area (TPSA) is 83.3 Å². The molecule has 1 heterocycles. The van der Waals surface area contributed by atoms with Crippen LogP contribution in [0, 0.1) is 0 Å². The number of hydrogen-bond donors (Lipinski definition) is 2. The molecule has 0 radical (unpaired) electrons. The fraction of sp³-hybridized carbons (Fsp3) is 0. The molecule has 0 bridgehead atoms. The van der Waals surface area contributed by atoms with E-state index in [0.29, 0.717) is 11.3 Å². The lowest BCUT2D eigenvalue weighted by Gasteiger charge is -2.05. The Labute approximate surface area is 149 Å². The third-order valence-electron chi connectivity index (χ3n) is 3.93. The zero-order valence-corrected chi connectivity index (χ0v) is 13.7. The lowest BCUT2D eigenvalue weighted by Crippen LogP contribution is -2.00. The molecule has 4 aromatic rings. The Kier molecular flexibility index (Phi) is 4.22. The summed E-state index contributed by atoms with van der Waals surface area (Å²) in [5.41, 5.74) is 5.04. The molecule has 0 saturated carbocycles. The van der Waals surface area contributed by atoms with Gasteiger partial charge in [-0.15, -0.1) is 5.10 Å². The Bertz CT molecular complexity index is 1080. The Morgan fingerprint density at radius 2 is 1.73 bits per heavy atom. The van der Waals surface area contributed by atoms with Gasteiger partial charge < -0.3 is 5.11 Å². The smallest absolute Gasteiger partial charge is 0.263 e. The van der Waals surface area contributed by atoms with Crippen molar-refractivity contribution in [2.75, 3.05) is 5.43 Å². The van der Waals surface area contributed by atoms with Crippen LogP contribution in [0.4, 0.5) is 5.95 Å². The molecule has 0 unspecified atom stereocenters. The van der Waals surface area contributed by atoms with Crippen molar-refractivity contribution in [2.45, 2.75) is 0 Å². The first-order valence-corrected chi connectivity index (χ1v) is 8.06. The highest BCUT2D eigenvalue weighted by atomic mass is 16.3. The Hall–Kier alpha value is -3.80. The molecule has 3 aromatic carbocycles. The van der Waals surface area contributed by atoms with Crippen LogP contribution in [0.15, 0.2) is 78.0 Å². The molecule has 0 aliphatic carbocycles. The maximum absolute atomic E-state index is 10.1. The van der Waals surface area contributed by atoms with E-state index in [1.54, 1.807) is 18.5 Å². The maximum Gasteiger partial charge on any atom is 0.263 e. The van der Waals surface area contributed by atoms with Crippen molar-refractivity contribution < 1.29 is 5.11 Å². The molecule has 0 fully saturated rings. The molecule has 6 heteroatoms. The highest BCUT2D eigenvalue weighted by molar-refractivity contribution is 6.02. The van der Waals surface area contributed by atoms with Gasteiger partial charge >= 0.3 is 0 Å². The van der Waals surface area contributed by atoms with Gasteiger partial charge in [-0.1, -0.05) is 60.7 Å². The number of fused-ring (bicyclic) bond motifs is 1. The third-order valence-corrected chi connectivity index (χ3v) is 3.93. The van der Waals surface area contributed by atoms with E-state index in [-0.39, 0.29) is 11.7 Å². The monoisotopic (exact) mass is 341 g/mol. The SMILES string of the molecule is Oc1ccc2ccccc2c1/C=N/Nc1nncc(-c2ccccc2)n1. The van der Waals surface area contributed by atoms with Gasteiger partial charge in [0.15, 0.2) is 0 Å². The van der Waals surface area contributed by atoms with Gasteiger partial charge in [-0.25, -0.2) is 10.4 Å². The fourth-order valence-electron chi connectivity index (χ4n) is 2.67. The Morgan fingerprint density at radius 1 is 0.923 bits per heavy atom. The zero-order chi connectivity index (χ0) is 17.8. The van der Waals surface area contributed by atoms with Gasteiger partial charge in [-0.2, -0.15) is 10.2 Å². The summed E-state index contributed by atoms with van der Waals surface area (Å²) in [5, 5.41) is 24.1. The van der Waals surface area contributed by atoms with Gasteiger partial charge in [-0.3, -0.25) is 0 Å². The minimum absolute atomic E-state index is 0.159. The van der Waals surface area contributed by atoms with Crippen LogP contribution >= 0.6 is 0 Å². The summed E-state index contributed by atoms with van der Waals surface area (Å²) in [5.74, 6) is 0.439. The van der Waals surface area contributed by atoms with Crippen LogP contribution < -0.4 is 5.43 Å². The van der Waals surface area contributed by atoms with Crippen LogP contribution in [0.25, 0.3) is 22.0 Å². The minimum atomic E-state index is 0.159. The lowest BCUT2D eigenvalue weighted by atomic mass is 10.0. The number of hydrazone groups is 1. The van der Waals surface area contributed by atoms with Crippen LogP contribution in [0.3, 0.4) is 0 Å². The third kappa shape index (κ3) is 3.21. The number of nitrogens with zero attached hydrogens (tertiary/aromatic N) is 4. The van der Waals surface area contributed by atoms with Crippen molar-refractivity contribution in [3.05, 3.63) is 78.5 Å². The van der Waals surface area contributed by atoms with E-state index in [2.05, 4.69) is 25.7 Å². The van der Waals surface area contributed by atoms with E-state index < -0.39 is 0 Å². The molecule has 0 aliphatic heterocycles. The first-order chi connectivity index (χ1) is 12.8. The summed E-state index contributed by atoms with van der Waals surface area (Å²) < 4.78 is 0. The van der Waals surface area contributed by atoms with Crippen LogP contribution in [-0.2, 0) is 0 Å². The van der Waals surface area contributed by atoms with Crippen LogP contribution in [0.2, 0.25) is 0 Å². The molecular formula is C20H15N5O. The minimum Gasteiger partial charge on any atom is -0.507 e. The van der Waals surface area contributed by atoms with E-state index in [1.165, 1.54) is 0 Å². The molecular weight excluding hydrogens is 326 g/mol. The largest absolute Gasteiger partial charge is 0.507 e. The Morgan fingerprint density at radius 3 is 2.62 bits per heavy atom. The highest BCUT2D eigenvalue weighted by Gasteiger charge is 2.05. The molecule has 26 heavy (non-hydrogen) atoms. The number of aromatic hydroxyl groups is 1. The first kappa shape index (κ1) is 15.7. The van der Waals surface area contributed by atoms with Gasteiger partial charge in [0.05, 0.1) is 18.1 Å². The second-order valence-corrected chi connectivity index (χ2v) is 5.62. The van der Waals surface area contributed by atoms with E-state index in [4.69, 9.17) is 0 Å². The summed E-state index contributed by atoms with van der Waals surface area (Å²) in [7, 11) is 0. The van der Waals surface area contributed by atoms with Gasteiger partial charge in [0.2, 0.25) is 0 Å². The van der Waals surface area contributed by atoms with Gasteiger partial charge in [0, 0.05) is 11.1 Å². The molecule has 0 atom stereocenters. The average molecular weight is 341 g/mol. The first-order valence-electron chi connectivity index (χ1n) is 8.06. The van der Waals surface area contributed by atoms with Crippen molar-refractivity contribution >= 4 is 22.9 Å². The normalized spacial score (nSPS) is 11.1. The van der Waals surface area contributed by atoms with E-state index in [9.17, 15) is 5.11 Å². The second kappa shape index (κ2) is 6.98. The number of phenolic OH excluding ortho intramolecular Hbond substituents is 1. The predicted molar refractivity (Wildman–Crippen MR) is 102 cm³/mol. The number of hydrogen-bond acceptors (Lipinski definition) is 6. The summed E-state index contributed by atoms with van der Waals surface area (Å²) >= 11 is 0. The van der Waals surface area contributed by atoms with Crippen molar-refractivity contribution in [1.82, 2.24) is 15.2 Å². The maximum atomic E-state index is 10.1. The number of benzene rings is 3. The zero-order valence-electron chi connectivity index (χ0n) is 13.7. The molecule has 6 nitrogen and oxygen atoms in total. The second-order valence-electron chi connectivity index (χ2n) is 5.62. The van der Waals surface area contributed by atoms with E-state index in [0.717, 1.165) is 16.3 Å². The molecule has 0 saturated heterocycles. The quantitative estimate of drug-likeness (QED) is 0.435. The van der Waals surface area contributed by atoms with E-state index in [1.807, 2.05) is 60.7 Å². The fourth-order valence-corrected chi connectivity index (χ4v) is 2.67. The average Bonchev–Trinajstić information content (AvgIpc) is 2.70. The highest BCUT2D eigenvalue weighted by Crippen LogP contribution is 2.25. The number of rotatable bonds is 4. The summed E-state index contributed by atoms with van der Waals surface area (Å²) in [4.78, 5) is 4.40.